The summed E-state index contributed by atoms with van der Waals surface area (Å²) in [4.78, 5) is 0. The molecule has 0 saturated heterocycles. The maximum Gasteiger partial charge on any atom is 0.121 e. The molecule has 2 aromatic rings. The molecule has 0 aliphatic rings. The summed E-state index contributed by atoms with van der Waals surface area (Å²) in [5.41, 5.74) is 7.61. The molecule has 0 amide bonds. The summed E-state index contributed by atoms with van der Waals surface area (Å²) >= 11 is 0. The van der Waals surface area contributed by atoms with Crippen molar-refractivity contribution < 1.29 is 4.74 Å². The number of hydrogen-bond donors (Lipinski definition) is 1. The molecule has 1 aromatic carbocycles. The van der Waals surface area contributed by atoms with Crippen molar-refractivity contribution in [3.05, 3.63) is 30.3 Å². The molecule has 4 heteroatoms. The Bertz CT molecular complexity index is 440. The first-order chi connectivity index (χ1) is 7.20. The number of hydrogen-bond acceptors (Lipinski definition) is 3. The van der Waals surface area contributed by atoms with Crippen molar-refractivity contribution in [2.75, 3.05) is 12.8 Å². The zero-order chi connectivity index (χ0) is 10.8. The average molecular weight is 203 g/mol. The van der Waals surface area contributed by atoms with E-state index in [0.717, 1.165) is 17.0 Å². The second-order valence-electron chi connectivity index (χ2n) is 3.31. The molecule has 78 valence electrons. The minimum Gasteiger partial charge on any atom is -0.497 e. The van der Waals surface area contributed by atoms with E-state index < -0.39 is 0 Å². The van der Waals surface area contributed by atoms with Crippen LogP contribution in [0.2, 0.25) is 0 Å². The number of nitrogens with two attached hydrogens (primary N) is 1. The number of benzene rings is 1. The van der Waals surface area contributed by atoms with Gasteiger partial charge < -0.3 is 10.5 Å². The molecular weight excluding hydrogens is 190 g/mol. The largest absolute Gasteiger partial charge is 0.497 e. The quantitative estimate of drug-likeness (QED) is 0.807. The van der Waals surface area contributed by atoms with E-state index in [1.807, 2.05) is 37.4 Å². The third-order valence-electron chi connectivity index (χ3n) is 2.30. The van der Waals surface area contributed by atoms with Crippen molar-refractivity contribution >= 4 is 5.82 Å². The highest BCUT2D eigenvalue weighted by atomic mass is 16.5. The van der Waals surface area contributed by atoms with Crippen LogP contribution in [0.1, 0.15) is 0 Å². The lowest BCUT2D eigenvalue weighted by molar-refractivity contribution is 0.415. The van der Waals surface area contributed by atoms with Gasteiger partial charge in [-0.05, 0) is 24.3 Å². The number of nitrogens with zero attached hydrogens (tertiary/aromatic N) is 2. The highest BCUT2D eigenvalue weighted by Gasteiger charge is 2.04. The van der Waals surface area contributed by atoms with Gasteiger partial charge in [-0.25, -0.2) is 0 Å². The first-order valence-corrected chi connectivity index (χ1v) is 4.64. The third kappa shape index (κ3) is 1.79. The summed E-state index contributed by atoms with van der Waals surface area (Å²) in [6.07, 6.45) is 0. The maximum atomic E-state index is 5.71. The fourth-order valence-electron chi connectivity index (χ4n) is 1.38. The van der Waals surface area contributed by atoms with Crippen LogP contribution in [0.25, 0.3) is 11.3 Å². The number of nitrogen functional groups attached to an aromatic ring is 1. The fourth-order valence-corrected chi connectivity index (χ4v) is 1.38. The summed E-state index contributed by atoms with van der Waals surface area (Å²) in [7, 11) is 3.47. The Hall–Kier alpha value is -1.97. The number of aryl methyl sites for hydroxylation is 1. The van der Waals surface area contributed by atoms with Crippen molar-refractivity contribution in [2.24, 2.45) is 7.05 Å². The third-order valence-corrected chi connectivity index (χ3v) is 2.30. The van der Waals surface area contributed by atoms with Crippen LogP contribution in [0.15, 0.2) is 30.3 Å². The van der Waals surface area contributed by atoms with E-state index in [9.17, 15) is 0 Å². The number of methoxy groups -OCH3 is 1. The molecule has 0 aliphatic heterocycles. The van der Waals surface area contributed by atoms with E-state index >= 15 is 0 Å². The predicted molar refractivity (Wildman–Crippen MR) is 59.6 cm³/mol. The van der Waals surface area contributed by atoms with Crippen LogP contribution in [0.5, 0.6) is 5.75 Å². The number of ether oxygens (including phenoxy) is 1. The van der Waals surface area contributed by atoms with Crippen LogP contribution in [0.4, 0.5) is 5.82 Å². The van der Waals surface area contributed by atoms with Gasteiger partial charge in [-0.15, -0.1) is 0 Å². The van der Waals surface area contributed by atoms with Crippen molar-refractivity contribution in [2.45, 2.75) is 0 Å². The van der Waals surface area contributed by atoms with Gasteiger partial charge in [0.1, 0.15) is 11.6 Å². The number of rotatable bonds is 2. The van der Waals surface area contributed by atoms with Gasteiger partial charge in [0.15, 0.2) is 0 Å². The molecule has 0 radical (unpaired) electrons. The lowest BCUT2D eigenvalue weighted by Gasteiger charge is -2.00. The molecule has 0 unspecified atom stereocenters. The number of anilines is 1. The van der Waals surface area contributed by atoms with E-state index in [0.29, 0.717) is 5.82 Å². The lowest BCUT2D eigenvalue weighted by Crippen LogP contribution is -1.96. The minimum atomic E-state index is 0.654. The standard InChI is InChI=1S/C11H13N3O/c1-14-11(12)7-10(13-14)8-3-5-9(15-2)6-4-8/h3-7H,12H2,1-2H3. The summed E-state index contributed by atoms with van der Waals surface area (Å²) in [5, 5.41) is 4.29. The van der Waals surface area contributed by atoms with E-state index in [1.54, 1.807) is 11.8 Å². The molecule has 0 bridgehead atoms. The van der Waals surface area contributed by atoms with Crippen molar-refractivity contribution in [1.82, 2.24) is 9.78 Å². The predicted octanol–water partition coefficient (Wildman–Crippen LogP) is 1.68. The summed E-state index contributed by atoms with van der Waals surface area (Å²) in [6.45, 7) is 0. The van der Waals surface area contributed by atoms with E-state index in [-0.39, 0.29) is 0 Å². The monoisotopic (exact) mass is 203 g/mol. The second-order valence-corrected chi connectivity index (χ2v) is 3.31. The zero-order valence-electron chi connectivity index (χ0n) is 8.77. The van der Waals surface area contributed by atoms with Gasteiger partial charge in [-0.3, -0.25) is 4.68 Å². The van der Waals surface area contributed by atoms with Gasteiger partial charge in [-0.1, -0.05) is 0 Å². The van der Waals surface area contributed by atoms with Gasteiger partial charge in [-0.2, -0.15) is 5.10 Å². The first kappa shape index (κ1) is 9.58. The van der Waals surface area contributed by atoms with Crippen LogP contribution >= 0.6 is 0 Å². The van der Waals surface area contributed by atoms with Gasteiger partial charge in [0.25, 0.3) is 0 Å². The molecule has 0 atom stereocenters. The summed E-state index contributed by atoms with van der Waals surface area (Å²) in [5.74, 6) is 1.49. The van der Waals surface area contributed by atoms with E-state index in [2.05, 4.69) is 5.10 Å². The molecular formula is C11H13N3O. The molecule has 4 nitrogen and oxygen atoms in total. The average Bonchev–Trinajstić information content (AvgIpc) is 2.59. The molecule has 2 N–H and O–H groups in total. The normalized spacial score (nSPS) is 10.3. The first-order valence-electron chi connectivity index (χ1n) is 4.64. The van der Waals surface area contributed by atoms with Crippen molar-refractivity contribution in [1.29, 1.82) is 0 Å². The van der Waals surface area contributed by atoms with Crippen molar-refractivity contribution in [3.63, 3.8) is 0 Å². The Morgan fingerprint density at radius 3 is 2.40 bits per heavy atom. The molecule has 15 heavy (non-hydrogen) atoms. The van der Waals surface area contributed by atoms with Crippen LogP contribution in [0.3, 0.4) is 0 Å². The summed E-state index contributed by atoms with van der Waals surface area (Å²) in [6, 6.07) is 9.57. The van der Waals surface area contributed by atoms with Crippen LogP contribution in [-0.2, 0) is 7.05 Å². The van der Waals surface area contributed by atoms with E-state index in [4.69, 9.17) is 10.5 Å². The lowest BCUT2D eigenvalue weighted by atomic mass is 10.1. The van der Waals surface area contributed by atoms with Gasteiger partial charge >= 0.3 is 0 Å². The fraction of sp³-hybridized carbons (Fsp3) is 0.182. The number of aromatic nitrogens is 2. The second kappa shape index (κ2) is 3.65. The SMILES string of the molecule is COc1ccc(-c2cc(N)n(C)n2)cc1. The Morgan fingerprint density at radius 1 is 1.27 bits per heavy atom. The van der Waals surface area contributed by atoms with Gasteiger partial charge in [0.05, 0.1) is 12.8 Å². The smallest absolute Gasteiger partial charge is 0.121 e. The molecule has 1 heterocycles. The molecule has 0 spiro atoms. The minimum absolute atomic E-state index is 0.654. The van der Waals surface area contributed by atoms with Gasteiger partial charge in [0.2, 0.25) is 0 Å². The Kier molecular flexibility index (Phi) is 2.33. The van der Waals surface area contributed by atoms with Crippen LogP contribution < -0.4 is 10.5 Å². The van der Waals surface area contributed by atoms with Crippen LogP contribution in [0, 0.1) is 0 Å². The summed E-state index contributed by atoms with van der Waals surface area (Å²) < 4.78 is 6.74. The Morgan fingerprint density at radius 2 is 1.93 bits per heavy atom. The molecule has 0 saturated carbocycles. The van der Waals surface area contributed by atoms with Crippen LogP contribution in [-0.4, -0.2) is 16.9 Å². The molecule has 1 aromatic heterocycles. The molecule has 2 rings (SSSR count). The topological polar surface area (TPSA) is 53.1 Å². The Balaban J connectivity index is 2.37. The Labute approximate surface area is 88.3 Å². The molecule has 0 aliphatic carbocycles. The highest BCUT2D eigenvalue weighted by Crippen LogP contribution is 2.22. The van der Waals surface area contributed by atoms with Gasteiger partial charge in [0, 0.05) is 18.7 Å². The highest BCUT2D eigenvalue weighted by molar-refractivity contribution is 5.62. The maximum absolute atomic E-state index is 5.71. The van der Waals surface area contributed by atoms with E-state index in [1.165, 1.54) is 0 Å². The van der Waals surface area contributed by atoms with Crippen molar-refractivity contribution in [3.8, 4) is 17.0 Å². The zero-order valence-corrected chi connectivity index (χ0v) is 8.77. The molecule has 0 fully saturated rings.